The van der Waals surface area contributed by atoms with Crippen molar-refractivity contribution in [3.63, 3.8) is 0 Å². The Morgan fingerprint density at radius 2 is 1.87 bits per heavy atom. The topological polar surface area (TPSA) is 100 Å². The molecule has 0 bridgehead atoms. The first-order valence-corrected chi connectivity index (χ1v) is 6.93. The molecule has 1 aromatic heterocycles. The van der Waals surface area contributed by atoms with Crippen molar-refractivity contribution in [1.82, 2.24) is 4.98 Å². The number of H-pyrrole nitrogens is 1. The van der Waals surface area contributed by atoms with E-state index < -0.39 is 5.91 Å². The summed E-state index contributed by atoms with van der Waals surface area (Å²) in [7, 11) is 0. The second kappa shape index (κ2) is 7.26. The Morgan fingerprint density at radius 3 is 2.52 bits per heavy atom. The summed E-state index contributed by atoms with van der Waals surface area (Å²) >= 11 is 0. The molecule has 0 unspecified atom stereocenters. The Kier molecular flexibility index (Phi) is 5.14. The lowest BCUT2D eigenvalue weighted by Crippen LogP contribution is -2.22. The average molecular weight is 315 g/mol. The number of pyridine rings is 1. The molecule has 0 aliphatic rings. The zero-order chi connectivity index (χ0) is 16.8. The van der Waals surface area contributed by atoms with Crippen molar-refractivity contribution < 1.29 is 14.3 Å². The van der Waals surface area contributed by atoms with Crippen LogP contribution in [0.3, 0.4) is 0 Å². The maximum Gasteiger partial charge on any atom is 0.262 e. The molecule has 0 saturated heterocycles. The van der Waals surface area contributed by atoms with E-state index in [1.165, 1.54) is 19.2 Å². The number of ether oxygens (including phenoxy) is 1. The number of carbonyl (C=O) groups excluding carboxylic acids is 2. The fourth-order valence-corrected chi connectivity index (χ4v) is 1.89. The molecule has 0 saturated carbocycles. The number of anilines is 2. The summed E-state index contributed by atoms with van der Waals surface area (Å²) in [6.07, 6.45) is 1.42. The fourth-order valence-electron chi connectivity index (χ4n) is 1.89. The van der Waals surface area contributed by atoms with Gasteiger partial charge in [0.05, 0.1) is 0 Å². The van der Waals surface area contributed by atoms with Crippen molar-refractivity contribution in [3.8, 4) is 5.75 Å². The number of hydrogen-bond acceptors (Lipinski definition) is 4. The van der Waals surface area contributed by atoms with E-state index in [9.17, 15) is 14.4 Å². The SMILES string of the molecule is CC(=O)Nc1cccc(NC(=O)COc2c[nH]c(C)cc2=O)c1. The highest BCUT2D eigenvalue weighted by atomic mass is 16.5. The third kappa shape index (κ3) is 4.99. The largest absolute Gasteiger partial charge is 0.478 e. The van der Waals surface area contributed by atoms with Gasteiger partial charge in [-0.3, -0.25) is 14.4 Å². The van der Waals surface area contributed by atoms with E-state index in [-0.39, 0.29) is 23.7 Å². The zero-order valence-corrected chi connectivity index (χ0v) is 12.8. The van der Waals surface area contributed by atoms with Crippen LogP contribution >= 0.6 is 0 Å². The number of nitrogens with one attached hydrogen (secondary N) is 3. The van der Waals surface area contributed by atoms with Crippen LogP contribution in [-0.4, -0.2) is 23.4 Å². The smallest absolute Gasteiger partial charge is 0.262 e. The van der Waals surface area contributed by atoms with E-state index in [2.05, 4.69) is 15.6 Å². The van der Waals surface area contributed by atoms with Crippen molar-refractivity contribution in [3.05, 3.63) is 52.4 Å². The first kappa shape index (κ1) is 16.3. The van der Waals surface area contributed by atoms with Gasteiger partial charge >= 0.3 is 0 Å². The number of aryl methyl sites for hydroxylation is 1. The minimum atomic E-state index is -0.412. The number of aromatic amines is 1. The van der Waals surface area contributed by atoms with Crippen LogP contribution in [0.1, 0.15) is 12.6 Å². The Bertz CT molecular complexity index is 783. The maximum absolute atomic E-state index is 11.9. The molecular weight excluding hydrogens is 298 g/mol. The van der Waals surface area contributed by atoms with Crippen LogP contribution in [0.5, 0.6) is 5.75 Å². The summed E-state index contributed by atoms with van der Waals surface area (Å²) in [4.78, 5) is 37.4. The summed E-state index contributed by atoms with van der Waals surface area (Å²) < 4.78 is 5.20. The van der Waals surface area contributed by atoms with E-state index in [0.29, 0.717) is 17.1 Å². The lowest BCUT2D eigenvalue weighted by Gasteiger charge is -2.09. The predicted molar refractivity (Wildman–Crippen MR) is 86.7 cm³/mol. The summed E-state index contributed by atoms with van der Waals surface area (Å²) in [5.74, 6) is -0.530. The normalized spacial score (nSPS) is 10.0. The van der Waals surface area contributed by atoms with Gasteiger partial charge in [-0.25, -0.2) is 0 Å². The minimum absolute atomic E-state index is 0.0812. The molecule has 1 heterocycles. The summed E-state index contributed by atoms with van der Waals surface area (Å²) in [5, 5.41) is 5.25. The average Bonchev–Trinajstić information content (AvgIpc) is 2.46. The molecule has 7 heteroatoms. The van der Waals surface area contributed by atoms with Gasteiger partial charge in [0.15, 0.2) is 12.4 Å². The molecule has 120 valence electrons. The molecule has 7 nitrogen and oxygen atoms in total. The van der Waals surface area contributed by atoms with E-state index in [0.717, 1.165) is 0 Å². The zero-order valence-electron chi connectivity index (χ0n) is 12.8. The van der Waals surface area contributed by atoms with Crippen molar-refractivity contribution in [2.75, 3.05) is 17.2 Å². The van der Waals surface area contributed by atoms with Crippen molar-refractivity contribution in [2.24, 2.45) is 0 Å². The van der Waals surface area contributed by atoms with Gasteiger partial charge in [0.25, 0.3) is 5.91 Å². The van der Waals surface area contributed by atoms with Gasteiger partial charge in [-0.05, 0) is 25.1 Å². The van der Waals surface area contributed by atoms with Gasteiger partial charge in [0, 0.05) is 36.3 Å². The van der Waals surface area contributed by atoms with Crippen molar-refractivity contribution in [2.45, 2.75) is 13.8 Å². The Morgan fingerprint density at radius 1 is 1.17 bits per heavy atom. The van der Waals surface area contributed by atoms with Gasteiger partial charge in [-0.15, -0.1) is 0 Å². The molecule has 0 spiro atoms. The number of carbonyl (C=O) groups is 2. The molecule has 1 aromatic carbocycles. The molecule has 23 heavy (non-hydrogen) atoms. The van der Waals surface area contributed by atoms with Crippen LogP contribution in [0.2, 0.25) is 0 Å². The second-order valence-electron chi connectivity index (χ2n) is 4.94. The Balaban J connectivity index is 1.94. The van der Waals surface area contributed by atoms with Crippen LogP contribution in [0.25, 0.3) is 0 Å². The third-order valence-electron chi connectivity index (χ3n) is 2.85. The highest BCUT2D eigenvalue weighted by molar-refractivity contribution is 5.94. The summed E-state index contributed by atoms with van der Waals surface area (Å²) in [6.45, 7) is 2.86. The molecule has 0 aliphatic heterocycles. The standard InChI is InChI=1S/C16H17N3O4/c1-10-6-14(21)15(8-17-10)23-9-16(22)19-13-5-3-4-12(7-13)18-11(2)20/h3-8H,9H2,1-2H3,(H,17,21)(H,18,20)(H,19,22). The third-order valence-corrected chi connectivity index (χ3v) is 2.85. The number of amides is 2. The lowest BCUT2D eigenvalue weighted by molar-refractivity contribution is -0.118. The van der Waals surface area contributed by atoms with Crippen molar-refractivity contribution >= 4 is 23.2 Å². The van der Waals surface area contributed by atoms with Gasteiger partial charge in [0.1, 0.15) is 0 Å². The second-order valence-corrected chi connectivity index (χ2v) is 4.94. The predicted octanol–water partition coefficient (Wildman–Crippen LogP) is 1.66. The lowest BCUT2D eigenvalue weighted by atomic mass is 10.2. The summed E-state index contributed by atoms with van der Waals surface area (Å²) in [6, 6.07) is 8.11. The molecule has 0 aliphatic carbocycles. The van der Waals surface area contributed by atoms with Gasteiger partial charge in [-0.1, -0.05) is 6.07 Å². The van der Waals surface area contributed by atoms with Gasteiger partial charge < -0.3 is 20.4 Å². The first-order chi connectivity index (χ1) is 10.9. The number of benzene rings is 1. The van der Waals surface area contributed by atoms with E-state index in [1.54, 1.807) is 31.2 Å². The van der Waals surface area contributed by atoms with Crippen LogP contribution in [0.4, 0.5) is 11.4 Å². The molecule has 2 rings (SSSR count). The molecule has 2 amide bonds. The van der Waals surface area contributed by atoms with Crippen LogP contribution < -0.4 is 20.8 Å². The van der Waals surface area contributed by atoms with Crippen molar-refractivity contribution in [1.29, 1.82) is 0 Å². The van der Waals surface area contributed by atoms with Crippen LogP contribution in [0, 0.1) is 6.92 Å². The highest BCUT2D eigenvalue weighted by Crippen LogP contribution is 2.15. The molecule has 0 fully saturated rings. The molecular formula is C16H17N3O4. The number of aromatic nitrogens is 1. The van der Waals surface area contributed by atoms with E-state index >= 15 is 0 Å². The molecule has 2 aromatic rings. The van der Waals surface area contributed by atoms with E-state index in [1.807, 2.05) is 0 Å². The molecule has 0 radical (unpaired) electrons. The first-order valence-electron chi connectivity index (χ1n) is 6.93. The summed E-state index contributed by atoms with van der Waals surface area (Å²) in [5.41, 5.74) is 1.51. The highest BCUT2D eigenvalue weighted by Gasteiger charge is 2.07. The Labute approximate surface area is 132 Å². The molecule has 3 N–H and O–H groups in total. The van der Waals surface area contributed by atoms with Gasteiger partial charge in [-0.2, -0.15) is 0 Å². The van der Waals surface area contributed by atoms with E-state index in [4.69, 9.17) is 4.74 Å². The fraction of sp³-hybridized carbons (Fsp3) is 0.188. The van der Waals surface area contributed by atoms with Crippen LogP contribution in [0.15, 0.2) is 41.3 Å². The number of rotatable bonds is 5. The number of hydrogen-bond donors (Lipinski definition) is 3. The molecule has 0 atom stereocenters. The quantitative estimate of drug-likeness (QED) is 0.781. The minimum Gasteiger partial charge on any atom is -0.478 e. The Hall–Kier alpha value is -3.09. The van der Waals surface area contributed by atoms with Gasteiger partial charge in [0.2, 0.25) is 11.3 Å². The monoisotopic (exact) mass is 315 g/mol. The van der Waals surface area contributed by atoms with Crippen LogP contribution in [-0.2, 0) is 9.59 Å². The maximum atomic E-state index is 11.9.